The summed E-state index contributed by atoms with van der Waals surface area (Å²) in [5, 5.41) is 4.37. The Morgan fingerprint density at radius 3 is 2.62 bits per heavy atom. The first-order chi connectivity index (χ1) is 11.0. The highest BCUT2D eigenvalue weighted by Crippen LogP contribution is 2.23. The fourth-order valence-corrected chi connectivity index (χ4v) is 3.17. The molecule has 2 aromatic rings. The Bertz CT molecular complexity index is 689. The molecule has 0 aliphatic carbocycles. The van der Waals surface area contributed by atoms with Crippen molar-refractivity contribution in [1.82, 2.24) is 15.3 Å². The van der Waals surface area contributed by atoms with Gasteiger partial charge in [-0.05, 0) is 33.6 Å². The zero-order chi connectivity index (χ0) is 16.4. The smallest absolute Gasteiger partial charge is 0.225 e. The summed E-state index contributed by atoms with van der Waals surface area (Å²) in [4.78, 5) is 10.2. The van der Waals surface area contributed by atoms with E-state index in [-0.39, 0.29) is 25.0 Å². The lowest BCUT2D eigenvalue weighted by Crippen LogP contribution is -2.37. The molecule has 1 fully saturated rings. The molecule has 2 heterocycles. The highest BCUT2D eigenvalue weighted by molar-refractivity contribution is 9.10. The lowest BCUT2D eigenvalue weighted by molar-refractivity contribution is 0.299. The van der Waals surface area contributed by atoms with Gasteiger partial charge in [0.25, 0.3) is 0 Å². The molecule has 3 rings (SSSR count). The number of alkyl halides is 1. The van der Waals surface area contributed by atoms with Gasteiger partial charge in [-0.1, -0.05) is 29.3 Å². The molecule has 130 valence electrons. The molecular formula is C15H15BrCl3FN4. The maximum absolute atomic E-state index is 14.2. The SMILES string of the molecule is Cl.FC1CN(c2ncc(Br)cn2)CC1NCc1ccc(Cl)cc1Cl. The van der Waals surface area contributed by atoms with Gasteiger partial charge in [-0.3, -0.25) is 0 Å². The molecule has 0 amide bonds. The van der Waals surface area contributed by atoms with E-state index < -0.39 is 6.17 Å². The van der Waals surface area contributed by atoms with Crippen molar-refractivity contribution in [3.8, 4) is 0 Å². The molecule has 9 heteroatoms. The first-order valence-electron chi connectivity index (χ1n) is 7.07. The highest BCUT2D eigenvalue weighted by Gasteiger charge is 2.33. The number of benzene rings is 1. The largest absolute Gasteiger partial charge is 0.336 e. The molecular weight excluding hydrogens is 441 g/mol. The van der Waals surface area contributed by atoms with Gasteiger partial charge in [-0.2, -0.15) is 0 Å². The number of anilines is 1. The van der Waals surface area contributed by atoms with Crippen molar-refractivity contribution in [2.24, 2.45) is 0 Å². The summed E-state index contributed by atoms with van der Waals surface area (Å²) in [5.41, 5.74) is 0.890. The van der Waals surface area contributed by atoms with Crippen LogP contribution in [0.3, 0.4) is 0 Å². The standard InChI is InChI=1S/C15H14BrCl2FN4.ClH/c16-10-5-21-15(22-6-10)23-7-13(19)14(8-23)20-4-9-1-2-11(17)3-12(9)18;/h1-3,5-6,13-14,20H,4,7-8H2;1H. The topological polar surface area (TPSA) is 41.1 Å². The minimum Gasteiger partial charge on any atom is -0.336 e. The summed E-state index contributed by atoms with van der Waals surface area (Å²) in [6, 6.07) is 5.00. The van der Waals surface area contributed by atoms with Crippen LogP contribution < -0.4 is 10.2 Å². The van der Waals surface area contributed by atoms with E-state index in [1.54, 1.807) is 24.5 Å². The van der Waals surface area contributed by atoms with E-state index in [2.05, 4.69) is 31.2 Å². The molecule has 1 aromatic carbocycles. The monoisotopic (exact) mass is 454 g/mol. The third-order valence-electron chi connectivity index (χ3n) is 3.71. The molecule has 1 aromatic heterocycles. The van der Waals surface area contributed by atoms with Crippen LogP contribution in [0.2, 0.25) is 10.0 Å². The van der Waals surface area contributed by atoms with Crippen LogP contribution in [0, 0.1) is 0 Å². The van der Waals surface area contributed by atoms with E-state index in [1.165, 1.54) is 0 Å². The molecule has 0 spiro atoms. The van der Waals surface area contributed by atoms with E-state index in [4.69, 9.17) is 23.2 Å². The van der Waals surface area contributed by atoms with Gasteiger partial charge in [0.1, 0.15) is 6.17 Å². The average molecular weight is 457 g/mol. The predicted octanol–water partition coefficient (Wildman–Crippen LogP) is 4.28. The Balaban J connectivity index is 0.00000208. The zero-order valence-corrected chi connectivity index (χ0v) is 16.3. The van der Waals surface area contributed by atoms with Crippen molar-refractivity contribution in [2.45, 2.75) is 18.8 Å². The number of hydrogen-bond donors (Lipinski definition) is 1. The van der Waals surface area contributed by atoms with Crippen LogP contribution in [-0.2, 0) is 6.54 Å². The van der Waals surface area contributed by atoms with Gasteiger partial charge in [-0.25, -0.2) is 14.4 Å². The Labute approximate surface area is 164 Å². The second-order valence-electron chi connectivity index (χ2n) is 5.35. The lowest BCUT2D eigenvalue weighted by atomic mass is 10.2. The highest BCUT2D eigenvalue weighted by atomic mass is 79.9. The van der Waals surface area contributed by atoms with Crippen molar-refractivity contribution in [3.63, 3.8) is 0 Å². The number of rotatable bonds is 4. The molecule has 0 bridgehead atoms. The molecule has 1 aliphatic rings. The van der Waals surface area contributed by atoms with E-state index in [9.17, 15) is 4.39 Å². The second kappa shape index (κ2) is 8.63. The molecule has 24 heavy (non-hydrogen) atoms. The van der Waals surface area contributed by atoms with Crippen LogP contribution in [-0.4, -0.2) is 35.3 Å². The molecule has 2 unspecified atom stereocenters. The van der Waals surface area contributed by atoms with Crippen molar-refractivity contribution < 1.29 is 4.39 Å². The van der Waals surface area contributed by atoms with Crippen LogP contribution in [0.4, 0.5) is 10.3 Å². The minimum atomic E-state index is -0.992. The second-order valence-corrected chi connectivity index (χ2v) is 7.10. The van der Waals surface area contributed by atoms with Gasteiger partial charge in [0.05, 0.1) is 17.1 Å². The number of aromatic nitrogens is 2. The summed E-state index contributed by atoms with van der Waals surface area (Å²) in [6.07, 6.45) is 2.32. The Hall–Kier alpha value is -0.660. The Morgan fingerprint density at radius 2 is 1.96 bits per heavy atom. The summed E-state index contributed by atoms with van der Waals surface area (Å²) in [7, 11) is 0. The van der Waals surface area contributed by atoms with Crippen molar-refractivity contribution in [3.05, 3.63) is 50.7 Å². The van der Waals surface area contributed by atoms with Gasteiger partial charge in [0.2, 0.25) is 5.95 Å². The van der Waals surface area contributed by atoms with Crippen LogP contribution in [0.15, 0.2) is 35.1 Å². The van der Waals surface area contributed by atoms with Gasteiger partial charge in [0, 0.05) is 35.5 Å². The lowest BCUT2D eigenvalue weighted by Gasteiger charge is -2.16. The fraction of sp³-hybridized carbons (Fsp3) is 0.333. The fourth-order valence-electron chi connectivity index (χ4n) is 2.49. The molecule has 0 saturated carbocycles. The maximum Gasteiger partial charge on any atom is 0.225 e. The summed E-state index contributed by atoms with van der Waals surface area (Å²) < 4.78 is 15.0. The van der Waals surface area contributed by atoms with E-state index >= 15 is 0 Å². The van der Waals surface area contributed by atoms with Crippen molar-refractivity contribution >= 4 is 57.5 Å². The molecule has 1 saturated heterocycles. The van der Waals surface area contributed by atoms with Gasteiger partial charge < -0.3 is 10.2 Å². The summed E-state index contributed by atoms with van der Waals surface area (Å²) in [5.74, 6) is 0.532. The summed E-state index contributed by atoms with van der Waals surface area (Å²) >= 11 is 15.3. The number of halogens is 5. The third-order valence-corrected chi connectivity index (χ3v) is 4.70. The maximum atomic E-state index is 14.2. The number of nitrogens with zero attached hydrogens (tertiary/aromatic N) is 3. The normalized spacial score (nSPS) is 20.1. The first kappa shape index (κ1) is 19.7. The predicted molar refractivity (Wildman–Crippen MR) is 101 cm³/mol. The van der Waals surface area contributed by atoms with Gasteiger partial charge in [0.15, 0.2) is 0 Å². The van der Waals surface area contributed by atoms with Gasteiger partial charge in [-0.15, -0.1) is 12.4 Å². The zero-order valence-electron chi connectivity index (χ0n) is 12.4. The number of hydrogen-bond acceptors (Lipinski definition) is 4. The van der Waals surface area contributed by atoms with Crippen LogP contribution in [0.1, 0.15) is 5.56 Å². The Kier molecular flexibility index (Phi) is 7.07. The summed E-state index contributed by atoms with van der Waals surface area (Å²) in [6.45, 7) is 1.26. The Morgan fingerprint density at radius 1 is 1.25 bits per heavy atom. The van der Waals surface area contributed by atoms with E-state index in [0.29, 0.717) is 29.1 Å². The minimum absolute atomic E-state index is 0. The molecule has 1 N–H and O–H groups in total. The van der Waals surface area contributed by atoms with Crippen molar-refractivity contribution in [2.75, 3.05) is 18.0 Å². The van der Waals surface area contributed by atoms with Crippen molar-refractivity contribution in [1.29, 1.82) is 0 Å². The molecule has 0 radical (unpaired) electrons. The average Bonchev–Trinajstić information content (AvgIpc) is 2.88. The van der Waals surface area contributed by atoms with Crippen LogP contribution >= 0.6 is 51.5 Å². The third kappa shape index (κ3) is 4.70. The van der Waals surface area contributed by atoms with Gasteiger partial charge >= 0.3 is 0 Å². The van der Waals surface area contributed by atoms with E-state index in [1.807, 2.05) is 11.0 Å². The number of nitrogens with one attached hydrogen (secondary N) is 1. The van der Waals surface area contributed by atoms with Crippen LogP contribution in [0.25, 0.3) is 0 Å². The molecule has 4 nitrogen and oxygen atoms in total. The quantitative estimate of drug-likeness (QED) is 0.746. The first-order valence-corrected chi connectivity index (χ1v) is 8.61. The van der Waals surface area contributed by atoms with E-state index in [0.717, 1.165) is 10.0 Å². The molecule has 1 aliphatic heterocycles. The molecule has 2 atom stereocenters. The van der Waals surface area contributed by atoms with Crippen LogP contribution in [0.5, 0.6) is 0 Å².